The van der Waals surface area contributed by atoms with E-state index in [0.717, 1.165) is 31.1 Å². The normalized spacial score (nSPS) is 18.2. The molecule has 6 heteroatoms. The third-order valence-electron chi connectivity index (χ3n) is 5.63. The molecule has 0 aliphatic carbocycles. The van der Waals surface area contributed by atoms with E-state index < -0.39 is 0 Å². The van der Waals surface area contributed by atoms with Gasteiger partial charge in [0.05, 0.1) is 11.0 Å². The van der Waals surface area contributed by atoms with Crippen molar-refractivity contribution in [3.8, 4) is 0 Å². The number of carbonyl (C=O) groups is 1. The molecule has 4 rings (SSSR count). The van der Waals surface area contributed by atoms with Crippen LogP contribution in [0.5, 0.6) is 0 Å². The van der Waals surface area contributed by atoms with E-state index in [4.69, 9.17) is 0 Å². The van der Waals surface area contributed by atoms with Crippen LogP contribution in [0.25, 0.3) is 0 Å². The molecule has 144 valence electrons. The molecule has 0 unspecified atom stereocenters. The smallest absolute Gasteiger partial charge is 0.319 e. The second kappa shape index (κ2) is 8.31. The number of hydrogen-bond donors (Lipinski definition) is 2. The van der Waals surface area contributed by atoms with E-state index in [1.807, 2.05) is 17.5 Å². The molecule has 1 atom stereocenters. The highest BCUT2D eigenvalue weighted by molar-refractivity contribution is 7.14. The molecule has 27 heavy (non-hydrogen) atoms. The van der Waals surface area contributed by atoms with E-state index in [2.05, 4.69) is 45.7 Å². The lowest BCUT2D eigenvalue weighted by Crippen LogP contribution is -2.38. The standard InChI is InChI=1S/C21H28N4OS/c1-24-10-4-6-16-14-17(8-9-18(16)24)19(25-11-2-3-12-25)15-22-21(26)23-20-7-5-13-27-20/h5,7-9,13-14,19H,2-4,6,10-12,15H2,1H3,(H2,22,23,26)/t19-/m0/s1. The van der Waals surface area contributed by atoms with Crippen LogP contribution in [0.1, 0.15) is 36.4 Å². The predicted molar refractivity (Wildman–Crippen MR) is 113 cm³/mol. The van der Waals surface area contributed by atoms with Crippen LogP contribution < -0.4 is 15.5 Å². The van der Waals surface area contributed by atoms with E-state index in [1.165, 1.54) is 47.4 Å². The summed E-state index contributed by atoms with van der Waals surface area (Å²) in [6, 6.07) is 10.9. The van der Waals surface area contributed by atoms with Crippen molar-refractivity contribution in [1.29, 1.82) is 0 Å². The molecule has 2 amide bonds. The minimum Gasteiger partial charge on any atom is -0.374 e. The first-order valence-corrected chi connectivity index (χ1v) is 10.7. The van der Waals surface area contributed by atoms with E-state index in [-0.39, 0.29) is 12.1 Å². The van der Waals surface area contributed by atoms with Crippen molar-refractivity contribution in [3.63, 3.8) is 0 Å². The first kappa shape index (κ1) is 18.3. The highest BCUT2D eigenvalue weighted by atomic mass is 32.1. The number of thiophene rings is 1. The quantitative estimate of drug-likeness (QED) is 0.816. The molecule has 0 bridgehead atoms. The number of likely N-dealkylation sites (tertiary alicyclic amines) is 1. The molecule has 2 aliphatic rings. The van der Waals surface area contributed by atoms with Crippen molar-refractivity contribution in [2.75, 3.05) is 43.4 Å². The lowest BCUT2D eigenvalue weighted by Gasteiger charge is -2.31. The summed E-state index contributed by atoms with van der Waals surface area (Å²) in [4.78, 5) is 17.2. The maximum Gasteiger partial charge on any atom is 0.319 e. The number of carbonyl (C=O) groups excluding carboxylic acids is 1. The van der Waals surface area contributed by atoms with Crippen LogP contribution in [0.15, 0.2) is 35.7 Å². The SMILES string of the molecule is CN1CCCc2cc([C@H](CNC(=O)Nc3cccs3)N3CCCC3)ccc21. The van der Waals surface area contributed by atoms with Gasteiger partial charge in [0.25, 0.3) is 0 Å². The van der Waals surface area contributed by atoms with Crippen molar-refractivity contribution < 1.29 is 4.79 Å². The second-order valence-corrected chi connectivity index (χ2v) is 8.43. The van der Waals surface area contributed by atoms with E-state index in [9.17, 15) is 4.79 Å². The number of nitrogens with one attached hydrogen (secondary N) is 2. The van der Waals surface area contributed by atoms with Crippen molar-refractivity contribution in [3.05, 3.63) is 46.8 Å². The molecule has 2 aromatic rings. The zero-order chi connectivity index (χ0) is 18.6. The van der Waals surface area contributed by atoms with Gasteiger partial charge in [-0.25, -0.2) is 4.79 Å². The fourth-order valence-electron chi connectivity index (χ4n) is 4.22. The van der Waals surface area contributed by atoms with Gasteiger partial charge in [-0.1, -0.05) is 12.1 Å². The summed E-state index contributed by atoms with van der Waals surface area (Å²) in [6.07, 6.45) is 4.84. The zero-order valence-electron chi connectivity index (χ0n) is 15.9. The Bertz CT molecular complexity index is 770. The Labute approximate surface area is 165 Å². The second-order valence-electron chi connectivity index (χ2n) is 7.48. The Kier molecular flexibility index (Phi) is 5.64. The van der Waals surface area contributed by atoms with Crippen LogP contribution in [-0.2, 0) is 6.42 Å². The third kappa shape index (κ3) is 4.28. The largest absolute Gasteiger partial charge is 0.374 e. The minimum atomic E-state index is -0.126. The van der Waals surface area contributed by atoms with Gasteiger partial charge in [0.1, 0.15) is 0 Å². The summed E-state index contributed by atoms with van der Waals surface area (Å²) < 4.78 is 0. The highest BCUT2D eigenvalue weighted by Gasteiger charge is 2.25. The van der Waals surface area contributed by atoms with Crippen LogP contribution in [0.3, 0.4) is 0 Å². The average molecular weight is 385 g/mol. The van der Waals surface area contributed by atoms with Crippen LogP contribution in [-0.4, -0.2) is 44.2 Å². The van der Waals surface area contributed by atoms with E-state index in [0.29, 0.717) is 6.54 Å². The van der Waals surface area contributed by atoms with E-state index in [1.54, 1.807) is 0 Å². The number of fused-ring (bicyclic) bond motifs is 1. The number of nitrogens with zero attached hydrogens (tertiary/aromatic N) is 2. The Morgan fingerprint density at radius 2 is 2.04 bits per heavy atom. The molecular weight excluding hydrogens is 356 g/mol. The van der Waals surface area contributed by atoms with Gasteiger partial charge in [-0.2, -0.15) is 0 Å². The van der Waals surface area contributed by atoms with E-state index >= 15 is 0 Å². The van der Waals surface area contributed by atoms with Crippen molar-refractivity contribution >= 4 is 28.1 Å². The Morgan fingerprint density at radius 1 is 1.19 bits per heavy atom. The Morgan fingerprint density at radius 3 is 2.81 bits per heavy atom. The minimum absolute atomic E-state index is 0.126. The summed E-state index contributed by atoms with van der Waals surface area (Å²) in [7, 11) is 2.17. The summed E-state index contributed by atoms with van der Waals surface area (Å²) >= 11 is 1.54. The maximum absolute atomic E-state index is 12.3. The number of anilines is 2. The maximum atomic E-state index is 12.3. The monoisotopic (exact) mass is 384 g/mol. The molecule has 2 aliphatic heterocycles. The highest BCUT2D eigenvalue weighted by Crippen LogP contribution is 2.31. The lowest BCUT2D eigenvalue weighted by molar-refractivity contribution is 0.227. The molecular formula is C21H28N4OS. The van der Waals surface area contributed by atoms with Gasteiger partial charge >= 0.3 is 6.03 Å². The number of urea groups is 1. The van der Waals surface area contributed by atoms with Crippen molar-refractivity contribution in [2.24, 2.45) is 0 Å². The average Bonchev–Trinajstić information content (AvgIpc) is 3.36. The van der Waals surface area contributed by atoms with Crippen molar-refractivity contribution in [1.82, 2.24) is 10.2 Å². The Hall–Kier alpha value is -2.05. The van der Waals surface area contributed by atoms with Gasteiger partial charge in [0, 0.05) is 25.8 Å². The molecule has 1 saturated heterocycles. The first-order valence-electron chi connectivity index (χ1n) is 9.87. The fraction of sp³-hybridized carbons (Fsp3) is 0.476. The number of benzene rings is 1. The van der Waals surface area contributed by atoms with Gasteiger partial charge in [-0.05, 0) is 73.5 Å². The van der Waals surface area contributed by atoms with Crippen LogP contribution in [0, 0.1) is 0 Å². The number of amides is 2. The molecule has 3 heterocycles. The summed E-state index contributed by atoms with van der Waals surface area (Å²) in [5.74, 6) is 0. The molecule has 0 spiro atoms. The van der Waals surface area contributed by atoms with Gasteiger partial charge in [-0.3, -0.25) is 10.2 Å². The van der Waals surface area contributed by atoms with Crippen LogP contribution in [0.4, 0.5) is 15.5 Å². The lowest BCUT2D eigenvalue weighted by atomic mass is 9.96. The van der Waals surface area contributed by atoms with Crippen LogP contribution >= 0.6 is 11.3 Å². The molecule has 1 aromatic carbocycles. The zero-order valence-corrected chi connectivity index (χ0v) is 16.7. The number of aryl methyl sites for hydroxylation is 1. The molecule has 5 nitrogen and oxygen atoms in total. The van der Waals surface area contributed by atoms with Crippen LogP contribution in [0.2, 0.25) is 0 Å². The van der Waals surface area contributed by atoms with Gasteiger partial charge in [-0.15, -0.1) is 11.3 Å². The summed E-state index contributed by atoms with van der Waals surface area (Å²) in [5.41, 5.74) is 4.12. The summed E-state index contributed by atoms with van der Waals surface area (Å²) in [5, 5.41) is 8.85. The van der Waals surface area contributed by atoms with Crippen molar-refractivity contribution in [2.45, 2.75) is 31.7 Å². The van der Waals surface area contributed by atoms with Gasteiger partial charge in [0.2, 0.25) is 0 Å². The first-order chi connectivity index (χ1) is 13.2. The van der Waals surface area contributed by atoms with Gasteiger partial charge < -0.3 is 10.2 Å². The molecule has 0 radical (unpaired) electrons. The molecule has 0 saturated carbocycles. The molecule has 1 aromatic heterocycles. The topological polar surface area (TPSA) is 47.6 Å². The van der Waals surface area contributed by atoms with Gasteiger partial charge in [0.15, 0.2) is 0 Å². The third-order valence-corrected chi connectivity index (χ3v) is 6.42. The molecule has 1 fully saturated rings. The number of hydrogen-bond acceptors (Lipinski definition) is 4. The summed E-state index contributed by atoms with van der Waals surface area (Å²) in [6.45, 7) is 3.98. The number of rotatable bonds is 5. The molecule has 2 N–H and O–H groups in total. The predicted octanol–water partition coefficient (Wildman–Crippen LogP) is 4.09. The fourth-order valence-corrected chi connectivity index (χ4v) is 4.83. The Balaban J connectivity index is 1.48.